The summed E-state index contributed by atoms with van der Waals surface area (Å²) in [5.74, 6) is -0.0334. The van der Waals surface area contributed by atoms with Crippen molar-refractivity contribution in [2.24, 2.45) is 5.73 Å². The van der Waals surface area contributed by atoms with E-state index in [0.717, 1.165) is 5.56 Å². The zero-order chi connectivity index (χ0) is 12.1. The topological polar surface area (TPSA) is 46.3 Å². The second-order valence-corrected chi connectivity index (χ2v) is 4.71. The van der Waals surface area contributed by atoms with Crippen molar-refractivity contribution in [3.05, 3.63) is 29.8 Å². The van der Waals surface area contributed by atoms with Gasteiger partial charge in [-0.2, -0.15) is 0 Å². The molecule has 0 saturated carbocycles. The van der Waals surface area contributed by atoms with Crippen molar-refractivity contribution in [1.82, 2.24) is 4.90 Å². The van der Waals surface area contributed by atoms with E-state index in [4.69, 9.17) is 5.73 Å². The number of nitrogens with zero attached hydrogens (tertiary/aromatic N) is 1. The summed E-state index contributed by atoms with van der Waals surface area (Å²) < 4.78 is 0. The van der Waals surface area contributed by atoms with Crippen LogP contribution in [0.2, 0.25) is 0 Å². The van der Waals surface area contributed by atoms with Gasteiger partial charge in [0.2, 0.25) is 5.91 Å². The maximum Gasteiger partial charge on any atom is 0.239 e. The summed E-state index contributed by atoms with van der Waals surface area (Å²) in [5.41, 5.74) is 6.66. The van der Waals surface area contributed by atoms with Crippen LogP contribution in [0.3, 0.4) is 0 Å². The zero-order valence-electron chi connectivity index (χ0n) is 9.93. The van der Waals surface area contributed by atoms with E-state index in [-0.39, 0.29) is 5.91 Å². The van der Waals surface area contributed by atoms with E-state index in [0.29, 0.717) is 6.54 Å². The first kappa shape index (κ1) is 13.1. The van der Waals surface area contributed by atoms with Gasteiger partial charge in [0, 0.05) is 18.5 Å². The maximum absolute atomic E-state index is 11.6. The number of carbonyl (C=O) groups excluding carboxylic acids is 1. The third-order valence-corrected chi connectivity index (χ3v) is 3.09. The van der Waals surface area contributed by atoms with Crippen LogP contribution >= 0.6 is 11.8 Å². The smallest absolute Gasteiger partial charge is 0.239 e. The highest BCUT2D eigenvalue weighted by Gasteiger charge is 2.13. The number of benzene rings is 1. The molecule has 3 nitrogen and oxygen atoms in total. The number of hydrogen-bond acceptors (Lipinski definition) is 3. The van der Waals surface area contributed by atoms with Gasteiger partial charge in [-0.15, -0.1) is 11.8 Å². The summed E-state index contributed by atoms with van der Waals surface area (Å²) in [6.45, 7) is 2.31. The number of rotatable bonds is 4. The molecule has 0 bridgehead atoms. The van der Waals surface area contributed by atoms with E-state index in [1.165, 1.54) is 4.90 Å². The Morgan fingerprint density at radius 2 is 2.00 bits per heavy atom. The second-order valence-electron chi connectivity index (χ2n) is 3.83. The quantitative estimate of drug-likeness (QED) is 0.812. The Bertz CT molecular complexity index is 349. The van der Waals surface area contributed by atoms with Crippen LogP contribution in [0.1, 0.15) is 12.5 Å². The summed E-state index contributed by atoms with van der Waals surface area (Å²) >= 11 is 1.71. The van der Waals surface area contributed by atoms with Gasteiger partial charge >= 0.3 is 0 Å². The van der Waals surface area contributed by atoms with Gasteiger partial charge in [-0.3, -0.25) is 4.79 Å². The highest BCUT2D eigenvalue weighted by Crippen LogP contribution is 2.15. The third-order valence-electron chi connectivity index (χ3n) is 2.34. The van der Waals surface area contributed by atoms with E-state index in [2.05, 4.69) is 12.1 Å². The molecule has 0 aromatic heterocycles. The van der Waals surface area contributed by atoms with Gasteiger partial charge < -0.3 is 10.6 Å². The molecule has 4 heteroatoms. The summed E-state index contributed by atoms with van der Waals surface area (Å²) in [7, 11) is 1.77. The van der Waals surface area contributed by atoms with Crippen LogP contribution in [-0.2, 0) is 11.3 Å². The molecule has 0 unspecified atom stereocenters. The Morgan fingerprint density at radius 3 is 2.44 bits per heavy atom. The number of nitrogens with two attached hydrogens (primary N) is 1. The summed E-state index contributed by atoms with van der Waals surface area (Å²) in [6.07, 6.45) is 2.04. The van der Waals surface area contributed by atoms with Gasteiger partial charge in [0.05, 0.1) is 6.04 Å². The normalized spacial score (nSPS) is 12.2. The van der Waals surface area contributed by atoms with Crippen molar-refractivity contribution in [3.8, 4) is 0 Å². The van der Waals surface area contributed by atoms with Crippen molar-refractivity contribution < 1.29 is 4.79 Å². The van der Waals surface area contributed by atoms with E-state index in [9.17, 15) is 4.79 Å². The summed E-state index contributed by atoms with van der Waals surface area (Å²) in [6, 6.07) is 7.76. The van der Waals surface area contributed by atoms with E-state index >= 15 is 0 Å². The molecule has 1 rings (SSSR count). The van der Waals surface area contributed by atoms with E-state index < -0.39 is 6.04 Å². The van der Waals surface area contributed by atoms with E-state index in [1.54, 1.807) is 30.6 Å². The fourth-order valence-electron chi connectivity index (χ4n) is 1.43. The van der Waals surface area contributed by atoms with Crippen LogP contribution in [0.15, 0.2) is 29.2 Å². The van der Waals surface area contributed by atoms with Crippen molar-refractivity contribution in [1.29, 1.82) is 0 Å². The number of hydrogen-bond donors (Lipinski definition) is 1. The molecule has 0 spiro atoms. The Morgan fingerprint density at radius 1 is 1.44 bits per heavy atom. The Hall–Kier alpha value is -1.00. The van der Waals surface area contributed by atoms with Crippen molar-refractivity contribution in [2.75, 3.05) is 13.3 Å². The SMILES string of the molecule is CSc1ccc(CN(C)C(=O)[C@H](C)N)cc1. The number of thioether (sulfide) groups is 1. The van der Waals surface area contributed by atoms with Gasteiger partial charge in [0.15, 0.2) is 0 Å². The standard InChI is InChI=1S/C12H18N2OS/c1-9(13)12(15)14(2)8-10-4-6-11(16-3)7-5-10/h4-7,9H,8,13H2,1-3H3/t9-/m0/s1. The molecule has 0 aliphatic rings. The minimum Gasteiger partial charge on any atom is -0.340 e. The average Bonchev–Trinajstić information content (AvgIpc) is 2.28. The van der Waals surface area contributed by atoms with Gasteiger partial charge in [-0.25, -0.2) is 0 Å². The van der Waals surface area contributed by atoms with Crippen molar-refractivity contribution >= 4 is 17.7 Å². The molecule has 1 aromatic carbocycles. The van der Waals surface area contributed by atoms with Crippen molar-refractivity contribution in [2.45, 2.75) is 24.4 Å². The molecule has 2 N–H and O–H groups in total. The molecule has 1 amide bonds. The Kier molecular flexibility index (Phi) is 4.83. The molecule has 1 aromatic rings. The van der Waals surface area contributed by atoms with Gasteiger partial charge in [0.25, 0.3) is 0 Å². The van der Waals surface area contributed by atoms with Crippen LogP contribution < -0.4 is 5.73 Å². The van der Waals surface area contributed by atoms with Crippen LogP contribution in [0.5, 0.6) is 0 Å². The molecule has 88 valence electrons. The molecule has 0 saturated heterocycles. The first-order valence-corrected chi connectivity index (χ1v) is 6.40. The van der Waals surface area contributed by atoms with Gasteiger partial charge in [-0.1, -0.05) is 12.1 Å². The number of carbonyl (C=O) groups is 1. The summed E-state index contributed by atoms with van der Waals surface area (Å²) in [4.78, 5) is 14.4. The molecular formula is C12H18N2OS. The molecular weight excluding hydrogens is 220 g/mol. The van der Waals surface area contributed by atoms with Gasteiger partial charge in [0.1, 0.15) is 0 Å². The first-order chi connectivity index (χ1) is 7.54. The van der Waals surface area contributed by atoms with E-state index in [1.807, 2.05) is 18.4 Å². The highest BCUT2D eigenvalue weighted by atomic mass is 32.2. The fourth-order valence-corrected chi connectivity index (χ4v) is 1.84. The Balaban J connectivity index is 2.62. The average molecular weight is 238 g/mol. The largest absolute Gasteiger partial charge is 0.340 e. The maximum atomic E-state index is 11.6. The minimum atomic E-state index is -0.435. The minimum absolute atomic E-state index is 0.0334. The number of amides is 1. The monoisotopic (exact) mass is 238 g/mol. The lowest BCUT2D eigenvalue weighted by Crippen LogP contribution is -2.39. The zero-order valence-corrected chi connectivity index (χ0v) is 10.8. The summed E-state index contributed by atoms with van der Waals surface area (Å²) in [5, 5.41) is 0. The molecule has 0 aliphatic carbocycles. The lowest BCUT2D eigenvalue weighted by Gasteiger charge is -2.19. The highest BCUT2D eigenvalue weighted by molar-refractivity contribution is 7.98. The van der Waals surface area contributed by atoms with Crippen LogP contribution in [-0.4, -0.2) is 30.2 Å². The predicted octanol–water partition coefficient (Wildman–Crippen LogP) is 1.71. The lowest BCUT2D eigenvalue weighted by atomic mass is 10.2. The third kappa shape index (κ3) is 3.54. The molecule has 16 heavy (non-hydrogen) atoms. The van der Waals surface area contributed by atoms with Crippen LogP contribution in [0, 0.1) is 0 Å². The molecule has 1 atom stereocenters. The van der Waals surface area contributed by atoms with Crippen LogP contribution in [0.25, 0.3) is 0 Å². The molecule has 0 aliphatic heterocycles. The van der Waals surface area contributed by atoms with Gasteiger partial charge in [-0.05, 0) is 30.9 Å². The second kappa shape index (κ2) is 5.92. The molecule has 0 radical (unpaired) electrons. The van der Waals surface area contributed by atoms with Crippen LogP contribution in [0.4, 0.5) is 0 Å². The fraction of sp³-hybridized carbons (Fsp3) is 0.417. The van der Waals surface area contributed by atoms with Crippen molar-refractivity contribution in [3.63, 3.8) is 0 Å². The predicted molar refractivity (Wildman–Crippen MR) is 68.3 cm³/mol. The number of likely N-dealkylation sites (N-methyl/N-ethyl adjacent to an activating group) is 1. The first-order valence-electron chi connectivity index (χ1n) is 5.18. The Labute approximate surface area is 101 Å². The molecule has 0 heterocycles. The lowest BCUT2D eigenvalue weighted by molar-refractivity contribution is -0.131. The molecule has 0 fully saturated rings.